The van der Waals surface area contributed by atoms with E-state index in [4.69, 9.17) is 15.2 Å². The van der Waals surface area contributed by atoms with Crippen molar-refractivity contribution >= 4 is 21.6 Å². The second-order valence-corrected chi connectivity index (χ2v) is 5.01. The summed E-state index contributed by atoms with van der Waals surface area (Å²) in [5, 5.41) is 0. The van der Waals surface area contributed by atoms with Crippen LogP contribution in [-0.2, 0) is 18.0 Å². The maximum atomic E-state index is 5.72. The molecule has 0 fully saturated rings. The monoisotopic (exact) mass is 321 g/mol. The molecule has 0 saturated carbocycles. The molecule has 0 spiro atoms. The van der Waals surface area contributed by atoms with Crippen LogP contribution in [-0.4, -0.2) is 7.11 Å². The lowest BCUT2D eigenvalue weighted by molar-refractivity contribution is 0.105. The first-order valence-corrected chi connectivity index (χ1v) is 6.73. The van der Waals surface area contributed by atoms with Crippen LogP contribution in [0.3, 0.4) is 0 Å². The van der Waals surface area contributed by atoms with Crippen LogP contribution in [0.25, 0.3) is 0 Å². The molecular formula is C15H16BrNO2. The van der Waals surface area contributed by atoms with Crippen molar-refractivity contribution in [2.24, 2.45) is 0 Å². The smallest absolute Gasteiger partial charge is 0.126 e. The van der Waals surface area contributed by atoms with Crippen molar-refractivity contribution in [3.63, 3.8) is 0 Å². The van der Waals surface area contributed by atoms with Gasteiger partial charge in [-0.3, -0.25) is 0 Å². The third-order valence-corrected chi connectivity index (χ3v) is 3.56. The number of methoxy groups -OCH3 is 1. The van der Waals surface area contributed by atoms with Crippen LogP contribution in [0.1, 0.15) is 11.1 Å². The van der Waals surface area contributed by atoms with Crippen LogP contribution < -0.4 is 10.5 Å². The summed E-state index contributed by atoms with van der Waals surface area (Å²) >= 11 is 3.50. The number of benzene rings is 2. The number of hydrogen-bond donors (Lipinski definition) is 1. The molecule has 0 aliphatic heterocycles. The van der Waals surface area contributed by atoms with E-state index in [0.29, 0.717) is 18.9 Å². The predicted octanol–water partition coefficient (Wildman–Crippen LogP) is 3.76. The second kappa shape index (κ2) is 6.59. The summed E-state index contributed by atoms with van der Waals surface area (Å²) in [6.07, 6.45) is 0. The van der Waals surface area contributed by atoms with E-state index in [2.05, 4.69) is 15.9 Å². The van der Waals surface area contributed by atoms with Gasteiger partial charge in [0.1, 0.15) is 5.75 Å². The van der Waals surface area contributed by atoms with E-state index in [1.807, 2.05) is 36.4 Å². The van der Waals surface area contributed by atoms with Crippen molar-refractivity contribution in [1.29, 1.82) is 0 Å². The molecule has 19 heavy (non-hydrogen) atoms. The second-order valence-electron chi connectivity index (χ2n) is 4.16. The maximum absolute atomic E-state index is 5.72. The average molecular weight is 322 g/mol. The van der Waals surface area contributed by atoms with Gasteiger partial charge in [0.2, 0.25) is 0 Å². The van der Waals surface area contributed by atoms with E-state index in [0.717, 1.165) is 21.3 Å². The molecule has 0 radical (unpaired) electrons. The summed E-state index contributed by atoms with van der Waals surface area (Å²) in [5.41, 5.74) is 8.51. The van der Waals surface area contributed by atoms with E-state index >= 15 is 0 Å². The molecule has 0 heterocycles. The van der Waals surface area contributed by atoms with Crippen LogP contribution in [0.4, 0.5) is 5.69 Å². The van der Waals surface area contributed by atoms with Gasteiger partial charge in [-0.1, -0.05) is 40.2 Å². The van der Waals surface area contributed by atoms with Crippen LogP contribution in [0.2, 0.25) is 0 Å². The number of ether oxygens (including phenoxy) is 2. The Kier molecular flexibility index (Phi) is 4.82. The summed E-state index contributed by atoms with van der Waals surface area (Å²) in [5.74, 6) is 0.757. The summed E-state index contributed by atoms with van der Waals surface area (Å²) < 4.78 is 12.1. The Hall–Kier alpha value is -1.52. The van der Waals surface area contributed by atoms with Crippen molar-refractivity contribution in [2.75, 3.05) is 12.8 Å². The van der Waals surface area contributed by atoms with E-state index in [-0.39, 0.29) is 0 Å². The van der Waals surface area contributed by atoms with Crippen LogP contribution >= 0.6 is 15.9 Å². The van der Waals surface area contributed by atoms with Gasteiger partial charge < -0.3 is 15.2 Å². The number of hydrogen-bond acceptors (Lipinski definition) is 3. The van der Waals surface area contributed by atoms with Crippen LogP contribution in [0.15, 0.2) is 46.9 Å². The average Bonchev–Trinajstić information content (AvgIpc) is 2.42. The molecule has 0 aliphatic rings. The highest BCUT2D eigenvalue weighted by molar-refractivity contribution is 9.10. The molecule has 100 valence electrons. The molecule has 0 aliphatic carbocycles. The largest absolute Gasteiger partial charge is 0.496 e. The minimum atomic E-state index is 0.491. The Bertz CT molecular complexity index is 558. The fourth-order valence-electron chi connectivity index (χ4n) is 1.77. The van der Waals surface area contributed by atoms with Crippen molar-refractivity contribution < 1.29 is 9.47 Å². The summed E-state index contributed by atoms with van der Waals surface area (Å²) in [6.45, 7) is 1.04. The molecule has 0 bridgehead atoms. The molecule has 4 heteroatoms. The van der Waals surface area contributed by atoms with Gasteiger partial charge in [-0.15, -0.1) is 0 Å². The van der Waals surface area contributed by atoms with Gasteiger partial charge in [-0.05, 0) is 17.7 Å². The third-order valence-electron chi connectivity index (χ3n) is 2.78. The summed E-state index contributed by atoms with van der Waals surface area (Å²) in [6, 6.07) is 13.6. The van der Waals surface area contributed by atoms with Crippen LogP contribution in [0.5, 0.6) is 5.75 Å². The fourth-order valence-corrected chi connectivity index (χ4v) is 2.17. The zero-order valence-electron chi connectivity index (χ0n) is 10.7. The zero-order chi connectivity index (χ0) is 13.7. The minimum Gasteiger partial charge on any atom is -0.496 e. The van der Waals surface area contributed by atoms with Gasteiger partial charge in [0.05, 0.1) is 20.3 Å². The highest BCUT2D eigenvalue weighted by atomic mass is 79.9. The first kappa shape index (κ1) is 13.9. The lowest BCUT2D eigenvalue weighted by Crippen LogP contribution is -1.98. The highest BCUT2D eigenvalue weighted by Crippen LogP contribution is 2.23. The molecular weight excluding hydrogens is 306 g/mol. The van der Waals surface area contributed by atoms with Gasteiger partial charge in [-0.2, -0.15) is 0 Å². The zero-order valence-corrected chi connectivity index (χ0v) is 12.3. The number of nitrogen functional groups attached to an aromatic ring is 1. The van der Waals surface area contributed by atoms with E-state index in [1.54, 1.807) is 13.2 Å². The number of nitrogens with two attached hydrogens (primary N) is 1. The summed E-state index contributed by atoms with van der Waals surface area (Å²) in [4.78, 5) is 0. The third kappa shape index (κ3) is 3.72. The quantitative estimate of drug-likeness (QED) is 0.853. The number of halogens is 1. The molecule has 2 rings (SSSR count). The Morgan fingerprint density at radius 1 is 1.05 bits per heavy atom. The lowest BCUT2D eigenvalue weighted by Gasteiger charge is -2.10. The normalized spacial score (nSPS) is 10.4. The fraction of sp³-hybridized carbons (Fsp3) is 0.200. The summed E-state index contributed by atoms with van der Waals surface area (Å²) in [7, 11) is 1.63. The minimum absolute atomic E-state index is 0.491. The predicted molar refractivity (Wildman–Crippen MR) is 80.0 cm³/mol. The van der Waals surface area contributed by atoms with E-state index in [1.165, 1.54) is 0 Å². The van der Waals surface area contributed by atoms with E-state index in [9.17, 15) is 0 Å². The maximum Gasteiger partial charge on any atom is 0.126 e. The van der Waals surface area contributed by atoms with Gasteiger partial charge >= 0.3 is 0 Å². The van der Waals surface area contributed by atoms with Gasteiger partial charge in [0.25, 0.3) is 0 Å². The molecule has 2 N–H and O–H groups in total. The van der Waals surface area contributed by atoms with Crippen molar-refractivity contribution in [3.8, 4) is 5.75 Å². The Morgan fingerprint density at radius 3 is 2.53 bits per heavy atom. The first-order chi connectivity index (χ1) is 9.20. The topological polar surface area (TPSA) is 44.5 Å². The van der Waals surface area contributed by atoms with Gasteiger partial charge in [0.15, 0.2) is 0 Å². The Balaban J connectivity index is 1.98. The lowest BCUT2D eigenvalue weighted by atomic mass is 10.2. The molecule has 0 amide bonds. The van der Waals surface area contributed by atoms with Crippen molar-refractivity contribution in [1.82, 2.24) is 0 Å². The van der Waals surface area contributed by atoms with Crippen molar-refractivity contribution in [2.45, 2.75) is 13.2 Å². The highest BCUT2D eigenvalue weighted by Gasteiger charge is 2.04. The SMILES string of the molecule is COc1cc(N)ccc1COCc1ccccc1Br. The van der Waals surface area contributed by atoms with Gasteiger partial charge in [-0.25, -0.2) is 0 Å². The standard InChI is InChI=1S/C15H16BrNO2/c1-18-15-8-13(17)7-6-12(15)10-19-9-11-4-2-3-5-14(11)16/h2-8H,9-10,17H2,1H3. The molecule has 0 unspecified atom stereocenters. The molecule has 0 atom stereocenters. The molecule has 0 saturated heterocycles. The molecule has 2 aromatic rings. The Labute approximate surface area is 121 Å². The van der Waals surface area contributed by atoms with E-state index < -0.39 is 0 Å². The number of anilines is 1. The van der Waals surface area contributed by atoms with Gasteiger partial charge in [0, 0.05) is 21.8 Å². The molecule has 0 aromatic heterocycles. The molecule has 2 aromatic carbocycles. The van der Waals surface area contributed by atoms with Crippen LogP contribution in [0, 0.1) is 0 Å². The first-order valence-electron chi connectivity index (χ1n) is 5.94. The Morgan fingerprint density at radius 2 is 1.79 bits per heavy atom. The van der Waals surface area contributed by atoms with Crippen molar-refractivity contribution in [3.05, 3.63) is 58.1 Å². The number of rotatable bonds is 5. The molecule has 3 nitrogen and oxygen atoms in total.